The van der Waals surface area contributed by atoms with Gasteiger partial charge in [0.1, 0.15) is 0 Å². The molecule has 1 atom stereocenters. The minimum atomic E-state index is -3.20. The lowest BCUT2D eigenvalue weighted by Gasteiger charge is -2.37. The molecule has 1 saturated heterocycles. The number of likely N-dealkylation sites (tertiary alicyclic amines) is 1. The van der Waals surface area contributed by atoms with Crippen molar-refractivity contribution in [2.75, 3.05) is 25.4 Å². The van der Waals surface area contributed by atoms with Crippen molar-refractivity contribution in [2.24, 2.45) is 5.92 Å². The van der Waals surface area contributed by atoms with E-state index in [1.165, 1.54) is 24.8 Å². The van der Waals surface area contributed by atoms with E-state index in [0.29, 0.717) is 24.9 Å². The fourth-order valence-electron chi connectivity index (χ4n) is 3.43. The molecule has 4 nitrogen and oxygen atoms in total. The van der Waals surface area contributed by atoms with Gasteiger partial charge in [0.05, 0.1) is 5.75 Å². The van der Waals surface area contributed by atoms with Gasteiger partial charge < -0.3 is 0 Å². The Kier molecular flexibility index (Phi) is 7.72. The third-order valence-corrected chi connectivity index (χ3v) is 6.30. The SMILES string of the molecule is CC(C)C(CNS(=O)(=O)CCCc1ccccc1)N1CCCCC1. The van der Waals surface area contributed by atoms with Gasteiger partial charge in [-0.25, -0.2) is 13.1 Å². The van der Waals surface area contributed by atoms with Crippen LogP contribution in [0.5, 0.6) is 0 Å². The molecule has 0 bridgehead atoms. The molecule has 0 radical (unpaired) electrons. The van der Waals surface area contributed by atoms with Crippen LogP contribution < -0.4 is 4.72 Å². The summed E-state index contributed by atoms with van der Waals surface area (Å²) in [5.41, 5.74) is 1.20. The Morgan fingerprint density at radius 1 is 1.08 bits per heavy atom. The van der Waals surface area contributed by atoms with E-state index in [-0.39, 0.29) is 5.75 Å². The lowest BCUT2D eigenvalue weighted by molar-refractivity contribution is 0.130. The second-order valence-electron chi connectivity index (χ2n) is 7.16. The van der Waals surface area contributed by atoms with Crippen molar-refractivity contribution in [1.82, 2.24) is 9.62 Å². The molecule has 1 aliphatic rings. The highest BCUT2D eigenvalue weighted by molar-refractivity contribution is 7.89. The van der Waals surface area contributed by atoms with E-state index in [2.05, 4.69) is 23.5 Å². The van der Waals surface area contributed by atoms with Gasteiger partial charge in [-0.05, 0) is 50.3 Å². The fourth-order valence-corrected chi connectivity index (χ4v) is 4.53. The van der Waals surface area contributed by atoms with Crippen LogP contribution in [0.25, 0.3) is 0 Å². The molecule has 1 N–H and O–H groups in total. The molecular formula is C19H32N2O2S. The molecule has 1 aliphatic heterocycles. The molecule has 0 amide bonds. The van der Waals surface area contributed by atoms with Gasteiger partial charge in [0.2, 0.25) is 10.0 Å². The van der Waals surface area contributed by atoms with Crippen LogP contribution >= 0.6 is 0 Å². The number of benzene rings is 1. The molecule has 5 heteroatoms. The van der Waals surface area contributed by atoms with Crippen LogP contribution in [0.2, 0.25) is 0 Å². The van der Waals surface area contributed by atoms with Crippen molar-refractivity contribution >= 4 is 10.0 Å². The van der Waals surface area contributed by atoms with Crippen LogP contribution in [0.15, 0.2) is 30.3 Å². The molecule has 1 fully saturated rings. The summed E-state index contributed by atoms with van der Waals surface area (Å²) in [7, 11) is -3.20. The molecular weight excluding hydrogens is 320 g/mol. The summed E-state index contributed by atoms with van der Waals surface area (Å²) in [6.45, 7) is 7.09. The van der Waals surface area contributed by atoms with Crippen LogP contribution in [0.1, 0.15) is 45.1 Å². The van der Waals surface area contributed by atoms with Crippen LogP contribution in [0.3, 0.4) is 0 Å². The zero-order valence-corrected chi connectivity index (χ0v) is 15.9. The van der Waals surface area contributed by atoms with E-state index in [9.17, 15) is 8.42 Å². The molecule has 0 saturated carbocycles. The number of aryl methyl sites for hydroxylation is 1. The summed E-state index contributed by atoms with van der Waals surface area (Å²) in [6.07, 6.45) is 5.23. The maximum absolute atomic E-state index is 12.3. The van der Waals surface area contributed by atoms with Gasteiger partial charge in [-0.1, -0.05) is 50.6 Å². The molecule has 0 aliphatic carbocycles. The van der Waals surface area contributed by atoms with E-state index in [4.69, 9.17) is 0 Å². The topological polar surface area (TPSA) is 49.4 Å². The average Bonchev–Trinajstić information content (AvgIpc) is 2.56. The summed E-state index contributed by atoms with van der Waals surface area (Å²) in [6, 6.07) is 10.4. The van der Waals surface area contributed by atoms with Crippen molar-refractivity contribution in [1.29, 1.82) is 0 Å². The smallest absolute Gasteiger partial charge is 0.211 e. The Balaban J connectivity index is 1.79. The van der Waals surface area contributed by atoms with Gasteiger partial charge in [-0.3, -0.25) is 4.90 Å². The van der Waals surface area contributed by atoms with E-state index in [1.807, 2.05) is 30.3 Å². The molecule has 1 aromatic carbocycles. The maximum atomic E-state index is 12.3. The molecule has 1 heterocycles. The van der Waals surface area contributed by atoms with Crippen molar-refractivity contribution < 1.29 is 8.42 Å². The first-order valence-corrected chi connectivity index (χ1v) is 10.9. The quantitative estimate of drug-likeness (QED) is 0.743. The monoisotopic (exact) mass is 352 g/mol. The van der Waals surface area contributed by atoms with Gasteiger partial charge in [0, 0.05) is 12.6 Å². The molecule has 1 aromatic rings. The molecule has 24 heavy (non-hydrogen) atoms. The predicted molar refractivity (Wildman–Crippen MR) is 101 cm³/mol. The van der Waals surface area contributed by atoms with Crippen LogP contribution in [-0.2, 0) is 16.4 Å². The number of rotatable bonds is 9. The first-order chi connectivity index (χ1) is 11.5. The Bertz CT molecular complexity index is 566. The third kappa shape index (κ3) is 6.54. The molecule has 1 unspecified atom stereocenters. The number of nitrogens with zero attached hydrogens (tertiary/aromatic N) is 1. The third-order valence-electron chi connectivity index (χ3n) is 4.86. The highest BCUT2D eigenvalue weighted by Crippen LogP contribution is 2.17. The van der Waals surface area contributed by atoms with Crippen molar-refractivity contribution in [2.45, 2.75) is 52.0 Å². The van der Waals surface area contributed by atoms with Crippen LogP contribution in [-0.4, -0.2) is 44.7 Å². The highest BCUT2D eigenvalue weighted by Gasteiger charge is 2.24. The minimum absolute atomic E-state index is 0.201. The molecule has 2 rings (SSSR count). The Morgan fingerprint density at radius 3 is 2.38 bits per heavy atom. The zero-order valence-electron chi connectivity index (χ0n) is 15.1. The number of sulfonamides is 1. The van der Waals surface area contributed by atoms with Crippen molar-refractivity contribution in [3.05, 3.63) is 35.9 Å². The summed E-state index contributed by atoms with van der Waals surface area (Å²) in [5, 5.41) is 0. The largest absolute Gasteiger partial charge is 0.299 e. The van der Waals surface area contributed by atoms with E-state index < -0.39 is 10.0 Å². The molecule has 136 valence electrons. The first kappa shape index (κ1) is 19.4. The minimum Gasteiger partial charge on any atom is -0.299 e. The average molecular weight is 353 g/mol. The lowest BCUT2D eigenvalue weighted by Crippen LogP contribution is -2.49. The van der Waals surface area contributed by atoms with Gasteiger partial charge in [0.25, 0.3) is 0 Å². The second kappa shape index (κ2) is 9.54. The van der Waals surface area contributed by atoms with Crippen LogP contribution in [0, 0.1) is 5.92 Å². The summed E-state index contributed by atoms with van der Waals surface area (Å²) in [4.78, 5) is 2.46. The van der Waals surface area contributed by atoms with E-state index in [1.54, 1.807) is 0 Å². The predicted octanol–water partition coefficient (Wildman–Crippen LogP) is 3.05. The van der Waals surface area contributed by atoms with E-state index >= 15 is 0 Å². The number of piperidine rings is 1. The normalized spacial score (nSPS) is 18.0. The summed E-state index contributed by atoms with van der Waals surface area (Å²) < 4.78 is 27.5. The fraction of sp³-hybridized carbons (Fsp3) is 0.684. The zero-order chi connectivity index (χ0) is 17.4. The van der Waals surface area contributed by atoms with Gasteiger partial charge >= 0.3 is 0 Å². The first-order valence-electron chi connectivity index (χ1n) is 9.23. The number of hydrogen-bond acceptors (Lipinski definition) is 3. The van der Waals surface area contributed by atoms with E-state index in [0.717, 1.165) is 19.5 Å². The van der Waals surface area contributed by atoms with Gasteiger partial charge in [0.15, 0.2) is 0 Å². The van der Waals surface area contributed by atoms with Gasteiger partial charge in [-0.15, -0.1) is 0 Å². The van der Waals surface area contributed by atoms with Gasteiger partial charge in [-0.2, -0.15) is 0 Å². The standard InChI is InChI=1S/C19H32N2O2S/c1-17(2)19(21-13-7-4-8-14-21)16-20-24(22,23)15-9-12-18-10-5-3-6-11-18/h3,5-6,10-11,17,19-20H,4,7-9,12-16H2,1-2H3. The molecule has 0 spiro atoms. The molecule has 0 aromatic heterocycles. The van der Waals surface area contributed by atoms with Crippen molar-refractivity contribution in [3.8, 4) is 0 Å². The summed E-state index contributed by atoms with van der Waals surface area (Å²) >= 11 is 0. The lowest BCUT2D eigenvalue weighted by atomic mass is 9.99. The Hall–Kier alpha value is -0.910. The number of nitrogens with one attached hydrogen (secondary N) is 1. The number of hydrogen-bond donors (Lipinski definition) is 1. The highest BCUT2D eigenvalue weighted by atomic mass is 32.2. The second-order valence-corrected chi connectivity index (χ2v) is 9.09. The van der Waals surface area contributed by atoms with Crippen molar-refractivity contribution in [3.63, 3.8) is 0 Å². The Labute approximate surface area is 147 Å². The van der Waals surface area contributed by atoms with Crippen LogP contribution in [0.4, 0.5) is 0 Å². The Morgan fingerprint density at radius 2 is 1.75 bits per heavy atom. The maximum Gasteiger partial charge on any atom is 0.211 e. The summed E-state index contributed by atoms with van der Waals surface area (Å²) in [5.74, 6) is 0.655.